The average Bonchev–Trinajstić information content (AvgIpc) is 2.46. The van der Waals surface area contributed by atoms with E-state index >= 15 is 0 Å². The van der Waals surface area contributed by atoms with Crippen molar-refractivity contribution in [2.75, 3.05) is 13.1 Å². The first-order valence-electron chi connectivity index (χ1n) is 8.24. The lowest BCUT2D eigenvalue weighted by atomic mass is 10.0. The number of amides is 1. The summed E-state index contributed by atoms with van der Waals surface area (Å²) in [7, 11) is 0. The molecule has 2 rings (SSSR count). The van der Waals surface area contributed by atoms with Gasteiger partial charge in [-0.3, -0.25) is 0 Å². The van der Waals surface area contributed by atoms with Crippen LogP contribution in [-0.4, -0.2) is 35.7 Å². The molecule has 128 valence electrons. The van der Waals surface area contributed by atoms with E-state index in [1.807, 2.05) is 20.8 Å². The molecule has 0 radical (unpaired) electrons. The monoisotopic (exact) mass is 322 g/mol. The highest BCUT2D eigenvalue weighted by atomic mass is 19.1. The molecule has 1 amide bonds. The number of rotatable bonds is 3. The second kappa shape index (κ2) is 7.30. The van der Waals surface area contributed by atoms with Crippen LogP contribution >= 0.6 is 0 Å². The standard InChI is InChI=1S/C18H27FN2O2/c1-13(14-7-9-15(19)10-8-14)20-16-6-5-11-21(12-16)17(22)23-18(2,3)4/h7-10,13,16,20H,5-6,11-12H2,1-4H3/t13-,16?/m1/s1. The molecule has 0 bridgehead atoms. The molecule has 1 fully saturated rings. The van der Waals surface area contributed by atoms with Gasteiger partial charge in [0.25, 0.3) is 0 Å². The zero-order valence-corrected chi connectivity index (χ0v) is 14.4. The number of likely N-dealkylation sites (tertiary alicyclic amines) is 1. The Kier molecular flexibility index (Phi) is 5.63. The number of hydrogen-bond acceptors (Lipinski definition) is 3. The summed E-state index contributed by atoms with van der Waals surface area (Å²) >= 11 is 0. The van der Waals surface area contributed by atoms with Crippen LogP contribution in [0.4, 0.5) is 9.18 Å². The van der Waals surface area contributed by atoms with Gasteiger partial charge in [-0.15, -0.1) is 0 Å². The topological polar surface area (TPSA) is 41.6 Å². The maximum atomic E-state index is 13.0. The molecule has 4 nitrogen and oxygen atoms in total. The van der Waals surface area contributed by atoms with Gasteiger partial charge in [0.15, 0.2) is 0 Å². The number of carbonyl (C=O) groups excluding carboxylic acids is 1. The first-order chi connectivity index (χ1) is 10.7. The van der Waals surface area contributed by atoms with Crippen molar-refractivity contribution >= 4 is 6.09 Å². The first-order valence-corrected chi connectivity index (χ1v) is 8.24. The fraction of sp³-hybridized carbons (Fsp3) is 0.611. The van der Waals surface area contributed by atoms with Crippen molar-refractivity contribution in [1.29, 1.82) is 0 Å². The van der Waals surface area contributed by atoms with Gasteiger partial charge >= 0.3 is 6.09 Å². The first kappa shape index (κ1) is 17.7. The predicted molar refractivity (Wildman–Crippen MR) is 88.8 cm³/mol. The van der Waals surface area contributed by atoms with Crippen LogP contribution in [0.5, 0.6) is 0 Å². The summed E-state index contributed by atoms with van der Waals surface area (Å²) in [4.78, 5) is 14.0. The van der Waals surface area contributed by atoms with E-state index in [0.717, 1.165) is 24.9 Å². The number of nitrogens with zero attached hydrogens (tertiary/aromatic N) is 1. The van der Waals surface area contributed by atoms with Crippen molar-refractivity contribution in [2.45, 2.75) is 58.2 Å². The number of benzene rings is 1. The fourth-order valence-corrected chi connectivity index (χ4v) is 2.81. The van der Waals surface area contributed by atoms with Gasteiger partial charge in [0, 0.05) is 25.2 Å². The smallest absolute Gasteiger partial charge is 0.410 e. The summed E-state index contributed by atoms with van der Waals surface area (Å²) in [5, 5.41) is 3.53. The van der Waals surface area contributed by atoms with Crippen LogP contribution in [-0.2, 0) is 4.74 Å². The van der Waals surface area contributed by atoms with Gasteiger partial charge in [0.05, 0.1) is 0 Å². The molecule has 1 aromatic carbocycles. The summed E-state index contributed by atoms with van der Waals surface area (Å²) in [6, 6.07) is 6.86. The Morgan fingerprint density at radius 1 is 1.35 bits per heavy atom. The highest BCUT2D eigenvalue weighted by molar-refractivity contribution is 5.68. The Morgan fingerprint density at radius 3 is 2.61 bits per heavy atom. The van der Waals surface area contributed by atoms with Crippen molar-refractivity contribution in [3.05, 3.63) is 35.6 Å². The Labute approximate surface area is 138 Å². The Morgan fingerprint density at radius 2 is 2.00 bits per heavy atom. The van der Waals surface area contributed by atoms with Crippen LogP contribution in [0.2, 0.25) is 0 Å². The van der Waals surface area contributed by atoms with Gasteiger partial charge in [-0.2, -0.15) is 0 Å². The number of nitrogens with one attached hydrogen (secondary N) is 1. The molecule has 1 aliphatic heterocycles. The molecule has 0 aromatic heterocycles. The van der Waals surface area contributed by atoms with E-state index in [4.69, 9.17) is 4.74 Å². The van der Waals surface area contributed by atoms with Gasteiger partial charge in [0.1, 0.15) is 11.4 Å². The molecule has 23 heavy (non-hydrogen) atoms. The molecule has 1 aromatic rings. The maximum absolute atomic E-state index is 13.0. The molecule has 0 aliphatic carbocycles. The third-order valence-corrected chi connectivity index (χ3v) is 3.93. The molecule has 1 heterocycles. The highest BCUT2D eigenvalue weighted by Gasteiger charge is 2.28. The molecule has 0 saturated carbocycles. The third-order valence-electron chi connectivity index (χ3n) is 3.93. The second-order valence-corrected chi connectivity index (χ2v) is 7.21. The summed E-state index contributed by atoms with van der Waals surface area (Å²) in [5.41, 5.74) is 0.569. The number of halogens is 1. The highest BCUT2D eigenvalue weighted by Crippen LogP contribution is 2.19. The molecule has 1 aliphatic rings. The van der Waals surface area contributed by atoms with Gasteiger partial charge in [0.2, 0.25) is 0 Å². The maximum Gasteiger partial charge on any atom is 0.410 e. The Hall–Kier alpha value is -1.62. The van der Waals surface area contributed by atoms with E-state index in [0.29, 0.717) is 6.54 Å². The largest absolute Gasteiger partial charge is 0.444 e. The summed E-state index contributed by atoms with van der Waals surface area (Å²) in [5.74, 6) is -0.227. The molecule has 2 atom stereocenters. The molecule has 1 saturated heterocycles. The molecule has 0 spiro atoms. The minimum absolute atomic E-state index is 0.110. The lowest BCUT2D eigenvalue weighted by Gasteiger charge is -2.35. The van der Waals surface area contributed by atoms with Crippen molar-refractivity contribution in [3.63, 3.8) is 0 Å². The quantitative estimate of drug-likeness (QED) is 0.918. The SMILES string of the molecule is C[C@@H](NC1CCCN(C(=O)OC(C)(C)C)C1)c1ccc(F)cc1. The zero-order chi connectivity index (χ0) is 17.0. The van der Waals surface area contributed by atoms with Crippen molar-refractivity contribution in [1.82, 2.24) is 10.2 Å². The summed E-state index contributed by atoms with van der Waals surface area (Å²) in [6.07, 6.45) is 1.72. The van der Waals surface area contributed by atoms with Crippen molar-refractivity contribution in [3.8, 4) is 0 Å². The lowest BCUT2D eigenvalue weighted by molar-refractivity contribution is 0.0184. The van der Waals surface area contributed by atoms with Crippen molar-refractivity contribution in [2.24, 2.45) is 0 Å². The third kappa shape index (κ3) is 5.50. The van der Waals surface area contributed by atoms with Crippen LogP contribution < -0.4 is 5.32 Å². The predicted octanol–water partition coefficient (Wildman–Crippen LogP) is 3.88. The van der Waals surface area contributed by atoms with Crippen LogP contribution in [0.1, 0.15) is 52.1 Å². The minimum atomic E-state index is -0.473. The van der Waals surface area contributed by atoms with Gasteiger partial charge in [-0.25, -0.2) is 9.18 Å². The number of ether oxygens (including phenoxy) is 1. The van der Waals surface area contributed by atoms with E-state index in [9.17, 15) is 9.18 Å². The molecule has 1 unspecified atom stereocenters. The van der Waals surface area contributed by atoms with Gasteiger partial charge < -0.3 is 15.0 Å². The average molecular weight is 322 g/mol. The number of carbonyl (C=O) groups is 1. The summed E-state index contributed by atoms with van der Waals surface area (Å²) < 4.78 is 18.5. The number of hydrogen-bond donors (Lipinski definition) is 1. The molecule has 1 N–H and O–H groups in total. The van der Waals surface area contributed by atoms with Gasteiger partial charge in [-0.05, 0) is 58.2 Å². The van der Waals surface area contributed by atoms with Crippen LogP contribution in [0.3, 0.4) is 0 Å². The molecule has 5 heteroatoms. The van der Waals surface area contributed by atoms with Crippen LogP contribution in [0.25, 0.3) is 0 Å². The van der Waals surface area contributed by atoms with E-state index < -0.39 is 5.60 Å². The normalized spacial score (nSPS) is 20.2. The van der Waals surface area contributed by atoms with E-state index in [1.165, 1.54) is 12.1 Å². The van der Waals surface area contributed by atoms with E-state index in [1.54, 1.807) is 17.0 Å². The Balaban J connectivity index is 1.90. The lowest BCUT2D eigenvalue weighted by Crippen LogP contribution is -2.49. The van der Waals surface area contributed by atoms with Gasteiger partial charge in [-0.1, -0.05) is 12.1 Å². The molecular weight excluding hydrogens is 295 g/mol. The molecular formula is C18H27FN2O2. The Bertz CT molecular complexity index is 525. The van der Waals surface area contributed by atoms with E-state index in [2.05, 4.69) is 12.2 Å². The number of piperidine rings is 1. The fourth-order valence-electron chi connectivity index (χ4n) is 2.81. The van der Waals surface area contributed by atoms with Crippen LogP contribution in [0.15, 0.2) is 24.3 Å². The second-order valence-electron chi connectivity index (χ2n) is 7.21. The van der Waals surface area contributed by atoms with Crippen molar-refractivity contribution < 1.29 is 13.9 Å². The zero-order valence-electron chi connectivity index (χ0n) is 14.4. The van der Waals surface area contributed by atoms with E-state index in [-0.39, 0.29) is 24.0 Å². The minimum Gasteiger partial charge on any atom is -0.444 e. The summed E-state index contributed by atoms with van der Waals surface area (Å²) in [6.45, 7) is 9.06. The van der Waals surface area contributed by atoms with Crippen LogP contribution in [0, 0.1) is 5.82 Å².